The van der Waals surface area contributed by atoms with Gasteiger partial charge in [-0.05, 0) is 49.1 Å². The Morgan fingerprint density at radius 1 is 1.28 bits per heavy atom. The zero-order valence-corrected chi connectivity index (χ0v) is 14.6. The van der Waals surface area contributed by atoms with Crippen molar-refractivity contribution in [1.82, 2.24) is 20.1 Å². The Morgan fingerprint density at radius 3 is 2.96 bits per heavy atom. The molecule has 1 aromatic heterocycles. The molecule has 5 heteroatoms. The van der Waals surface area contributed by atoms with Crippen molar-refractivity contribution in [2.24, 2.45) is 0 Å². The van der Waals surface area contributed by atoms with Crippen LogP contribution in [-0.2, 0) is 6.42 Å². The van der Waals surface area contributed by atoms with E-state index >= 15 is 0 Å². The summed E-state index contributed by atoms with van der Waals surface area (Å²) in [4.78, 5) is 20.2. The molecule has 1 saturated heterocycles. The second-order valence-electron chi connectivity index (χ2n) is 7.57. The molecule has 130 valence electrons. The maximum Gasteiger partial charge on any atom is 0.317 e. The molecule has 0 bridgehead atoms. The third-order valence-electron chi connectivity index (χ3n) is 5.97. The largest absolute Gasteiger partial charge is 0.361 e. The minimum absolute atomic E-state index is 0.0695. The zero-order valence-electron chi connectivity index (χ0n) is 14.6. The number of aromatic amines is 1. The molecule has 0 unspecified atom stereocenters. The summed E-state index contributed by atoms with van der Waals surface area (Å²) in [6, 6.07) is 7.03. The Morgan fingerprint density at radius 2 is 2.12 bits per heavy atom. The molecule has 2 aliphatic heterocycles. The average molecular weight is 336 g/mol. The van der Waals surface area contributed by atoms with Gasteiger partial charge in [0.2, 0.25) is 0 Å². The third-order valence-corrected chi connectivity index (χ3v) is 5.97. The molecule has 2 atom stereocenters. The Bertz CT molecular complexity index is 862. The number of rotatable bonds is 1. The number of carbonyl (C=O) groups excluding carboxylic acids is 1. The van der Waals surface area contributed by atoms with E-state index in [0.717, 1.165) is 38.9 Å². The van der Waals surface area contributed by atoms with Gasteiger partial charge in [0, 0.05) is 42.8 Å². The molecule has 1 aromatic carbocycles. The number of fused-ring (bicyclic) bond motifs is 2. The molecule has 2 aromatic rings. The highest BCUT2D eigenvalue weighted by atomic mass is 16.2. The molecule has 0 saturated carbocycles. The van der Waals surface area contributed by atoms with Gasteiger partial charge in [0.1, 0.15) is 0 Å². The molecule has 1 aliphatic carbocycles. The average Bonchev–Trinajstić information content (AvgIpc) is 3.27. The van der Waals surface area contributed by atoms with Crippen molar-refractivity contribution in [3.05, 3.63) is 41.6 Å². The molecule has 5 nitrogen and oxygen atoms in total. The standard InChI is InChI=1S/C20H24N4O/c1-23-12-14(22-20(25)24-7-2-3-8-24)10-16-15-5-4-6-17-19(15)13(11-21-17)9-18(16)23/h4-6,10-11,14,18,21H,2-3,7-9,12H2,1H3,(H,22,25)/t14-,18+/m0/s1. The second kappa shape index (κ2) is 5.63. The van der Waals surface area contributed by atoms with E-state index in [1.54, 1.807) is 0 Å². The number of likely N-dealkylation sites (tertiary alicyclic amines) is 1. The maximum absolute atomic E-state index is 12.5. The zero-order chi connectivity index (χ0) is 17.0. The van der Waals surface area contributed by atoms with E-state index in [-0.39, 0.29) is 12.1 Å². The van der Waals surface area contributed by atoms with Crippen LogP contribution in [0.25, 0.3) is 16.5 Å². The Hall–Kier alpha value is -2.27. The summed E-state index contributed by atoms with van der Waals surface area (Å²) in [5.41, 5.74) is 5.28. The van der Waals surface area contributed by atoms with Crippen LogP contribution in [-0.4, -0.2) is 59.6 Å². The predicted octanol–water partition coefficient (Wildman–Crippen LogP) is 2.60. The van der Waals surface area contributed by atoms with E-state index in [4.69, 9.17) is 0 Å². The number of hydrogen-bond donors (Lipinski definition) is 2. The van der Waals surface area contributed by atoms with Crippen molar-refractivity contribution in [1.29, 1.82) is 0 Å². The van der Waals surface area contributed by atoms with Gasteiger partial charge in [-0.1, -0.05) is 18.2 Å². The van der Waals surface area contributed by atoms with Gasteiger partial charge in [-0.2, -0.15) is 0 Å². The van der Waals surface area contributed by atoms with E-state index in [1.807, 2.05) is 4.90 Å². The van der Waals surface area contributed by atoms with E-state index in [0.29, 0.717) is 6.04 Å². The number of amides is 2. The summed E-state index contributed by atoms with van der Waals surface area (Å²) >= 11 is 0. The highest BCUT2D eigenvalue weighted by Gasteiger charge is 2.34. The minimum Gasteiger partial charge on any atom is -0.361 e. The monoisotopic (exact) mass is 336 g/mol. The lowest BCUT2D eigenvalue weighted by atomic mass is 9.81. The van der Waals surface area contributed by atoms with Gasteiger partial charge in [-0.3, -0.25) is 4.90 Å². The van der Waals surface area contributed by atoms with Crippen LogP contribution < -0.4 is 5.32 Å². The number of likely N-dealkylation sites (N-methyl/N-ethyl adjacent to an activating group) is 1. The molecule has 2 N–H and O–H groups in total. The fraction of sp³-hybridized carbons (Fsp3) is 0.450. The van der Waals surface area contributed by atoms with Gasteiger partial charge >= 0.3 is 6.03 Å². The topological polar surface area (TPSA) is 51.4 Å². The first-order valence-electron chi connectivity index (χ1n) is 9.27. The highest BCUT2D eigenvalue weighted by molar-refractivity contribution is 5.98. The van der Waals surface area contributed by atoms with Crippen LogP contribution in [0.1, 0.15) is 24.0 Å². The van der Waals surface area contributed by atoms with Crippen LogP contribution in [0.2, 0.25) is 0 Å². The van der Waals surface area contributed by atoms with E-state index in [1.165, 1.54) is 27.6 Å². The minimum atomic E-state index is 0.0695. The van der Waals surface area contributed by atoms with Crippen molar-refractivity contribution >= 4 is 22.5 Å². The van der Waals surface area contributed by atoms with Crippen LogP contribution in [0.5, 0.6) is 0 Å². The molecule has 1 fully saturated rings. The summed E-state index contributed by atoms with van der Waals surface area (Å²) in [5, 5.41) is 4.59. The van der Waals surface area contributed by atoms with Crippen LogP contribution in [0.3, 0.4) is 0 Å². The number of hydrogen-bond acceptors (Lipinski definition) is 2. The summed E-state index contributed by atoms with van der Waals surface area (Å²) in [5.74, 6) is 0. The van der Waals surface area contributed by atoms with Gasteiger partial charge in [-0.25, -0.2) is 4.79 Å². The van der Waals surface area contributed by atoms with Crippen LogP contribution >= 0.6 is 0 Å². The summed E-state index contributed by atoms with van der Waals surface area (Å²) in [7, 11) is 2.17. The van der Waals surface area contributed by atoms with Crippen LogP contribution in [0.15, 0.2) is 30.5 Å². The molecule has 3 aliphatic rings. The molecule has 0 spiro atoms. The molecule has 0 radical (unpaired) electrons. The highest BCUT2D eigenvalue weighted by Crippen LogP contribution is 2.39. The fourth-order valence-corrected chi connectivity index (χ4v) is 4.71. The van der Waals surface area contributed by atoms with Crippen molar-refractivity contribution in [2.45, 2.75) is 31.3 Å². The number of nitrogens with one attached hydrogen (secondary N) is 2. The van der Waals surface area contributed by atoms with Crippen molar-refractivity contribution in [2.75, 3.05) is 26.7 Å². The SMILES string of the molecule is CN1C[C@@H](NC(=O)N2CCCC2)C=C2c3cccc4[nH]cc(c34)C[C@H]21. The number of urea groups is 1. The Balaban J connectivity index is 1.49. The lowest BCUT2D eigenvalue weighted by molar-refractivity contribution is 0.198. The van der Waals surface area contributed by atoms with Gasteiger partial charge in [0.15, 0.2) is 0 Å². The number of benzene rings is 1. The Labute approximate surface area is 147 Å². The lowest BCUT2D eigenvalue weighted by Gasteiger charge is -2.40. The third kappa shape index (κ3) is 2.37. The van der Waals surface area contributed by atoms with Crippen LogP contribution in [0.4, 0.5) is 4.79 Å². The number of H-pyrrole nitrogens is 1. The molecule has 2 amide bonds. The fourth-order valence-electron chi connectivity index (χ4n) is 4.71. The summed E-state index contributed by atoms with van der Waals surface area (Å²) < 4.78 is 0. The van der Waals surface area contributed by atoms with Crippen molar-refractivity contribution < 1.29 is 4.79 Å². The van der Waals surface area contributed by atoms with E-state index in [9.17, 15) is 4.79 Å². The van der Waals surface area contributed by atoms with E-state index < -0.39 is 0 Å². The molecule has 25 heavy (non-hydrogen) atoms. The maximum atomic E-state index is 12.5. The predicted molar refractivity (Wildman–Crippen MR) is 99.5 cm³/mol. The van der Waals surface area contributed by atoms with Crippen molar-refractivity contribution in [3.63, 3.8) is 0 Å². The van der Waals surface area contributed by atoms with Crippen LogP contribution in [0, 0.1) is 0 Å². The Kier molecular flexibility index (Phi) is 3.38. The molecular formula is C20H24N4O. The van der Waals surface area contributed by atoms with Gasteiger partial charge in [-0.15, -0.1) is 0 Å². The van der Waals surface area contributed by atoms with Crippen molar-refractivity contribution in [3.8, 4) is 0 Å². The number of carbonyl (C=O) groups is 1. The van der Waals surface area contributed by atoms with Gasteiger partial charge < -0.3 is 15.2 Å². The first-order valence-corrected chi connectivity index (χ1v) is 9.27. The first-order chi connectivity index (χ1) is 12.2. The molecule has 3 heterocycles. The van der Waals surface area contributed by atoms with Gasteiger partial charge in [0.05, 0.1) is 6.04 Å². The number of nitrogens with zero attached hydrogens (tertiary/aromatic N) is 2. The quantitative estimate of drug-likeness (QED) is 0.841. The van der Waals surface area contributed by atoms with Gasteiger partial charge in [0.25, 0.3) is 0 Å². The molecule has 5 rings (SSSR count). The van der Waals surface area contributed by atoms with E-state index in [2.05, 4.69) is 52.7 Å². The summed E-state index contributed by atoms with van der Waals surface area (Å²) in [6.07, 6.45) is 7.73. The lowest BCUT2D eigenvalue weighted by Crippen LogP contribution is -2.52. The number of aromatic nitrogens is 1. The molecular weight excluding hydrogens is 312 g/mol. The summed E-state index contributed by atoms with van der Waals surface area (Å²) in [6.45, 7) is 2.64. The first kappa shape index (κ1) is 15.0. The second-order valence-corrected chi connectivity index (χ2v) is 7.57. The smallest absolute Gasteiger partial charge is 0.317 e. The normalized spacial score (nSPS) is 25.8.